The number of hydrogen-bond acceptors (Lipinski definition) is 2. The Labute approximate surface area is 158 Å². The number of fused-ring (bicyclic) bond motifs is 1. The number of nitrogens with zero attached hydrogens (tertiary/aromatic N) is 3. The Morgan fingerprint density at radius 3 is 2.54 bits per heavy atom. The van der Waals surface area contributed by atoms with Gasteiger partial charge in [-0.3, -0.25) is 4.79 Å². The van der Waals surface area contributed by atoms with E-state index in [9.17, 15) is 4.79 Å². The van der Waals surface area contributed by atoms with Gasteiger partial charge in [-0.1, -0.05) is 41.9 Å². The van der Waals surface area contributed by atoms with Crippen molar-refractivity contribution in [2.75, 3.05) is 13.1 Å². The number of aromatic nitrogens is 2. The molecule has 2 aromatic carbocycles. The molecule has 4 nitrogen and oxygen atoms in total. The molecule has 4 rings (SSSR count). The van der Waals surface area contributed by atoms with Crippen molar-refractivity contribution in [3.63, 3.8) is 0 Å². The number of benzene rings is 2. The number of imidazole rings is 1. The minimum atomic E-state index is 0.174. The third-order valence-electron chi connectivity index (χ3n) is 5.04. The fourth-order valence-electron chi connectivity index (χ4n) is 3.63. The van der Waals surface area contributed by atoms with Crippen molar-refractivity contribution in [1.29, 1.82) is 0 Å². The van der Waals surface area contributed by atoms with E-state index in [-0.39, 0.29) is 5.91 Å². The lowest BCUT2D eigenvalue weighted by Gasteiger charge is -2.27. The first-order valence-corrected chi connectivity index (χ1v) is 9.55. The maximum absolute atomic E-state index is 12.8. The normalized spacial score (nSPS) is 14.7. The van der Waals surface area contributed by atoms with Crippen LogP contribution in [0.1, 0.15) is 30.7 Å². The van der Waals surface area contributed by atoms with Crippen molar-refractivity contribution < 1.29 is 4.79 Å². The molecule has 1 aromatic heterocycles. The van der Waals surface area contributed by atoms with Gasteiger partial charge in [0.25, 0.3) is 0 Å². The van der Waals surface area contributed by atoms with Gasteiger partial charge < -0.3 is 9.47 Å². The summed E-state index contributed by atoms with van der Waals surface area (Å²) in [7, 11) is 0. The molecule has 0 unspecified atom stereocenters. The van der Waals surface area contributed by atoms with Crippen molar-refractivity contribution in [2.45, 2.75) is 32.2 Å². The predicted octanol–water partition coefficient (Wildman–Crippen LogP) is 4.29. The highest BCUT2D eigenvalue weighted by Crippen LogP contribution is 2.23. The first-order chi connectivity index (χ1) is 12.7. The standard InChI is InChI=1S/C21H22ClN3O/c22-17-9-3-2-8-16(17)14-20-23-18-10-4-5-11-19(18)25(20)15-21(26)24-12-6-1-7-13-24/h2-5,8-11H,1,6-7,12-15H2. The van der Waals surface area contributed by atoms with Gasteiger partial charge in [-0.2, -0.15) is 0 Å². The summed E-state index contributed by atoms with van der Waals surface area (Å²) in [4.78, 5) is 19.6. The fourth-order valence-corrected chi connectivity index (χ4v) is 3.83. The fraction of sp³-hybridized carbons (Fsp3) is 0.333. The molecule has 0 N–H and O–H groups in total. The highest BCUT2D eigenvalue weighted by Gasteiger charge is 2.20. The number of likely N-dealkylation sites (tertiary alicyclic amines) is 1. The Morgan fingerprint density at radius 2 is 1.73 bits per heavy atom. The zero-order valence-electron chi connectivity index (χ0n) is 14.7. The first kappa shape index (κ1) is 17.1. The topological polar surface area (TPSA) is 38.1 Å². The third-order valence-corrected chi connectivity index (χ3v) is 5.41. The summed E-state index contributed by atoms with van der Waals surface area (Å²) in [6.45, 7) is 2.07. The molecule has 134 valence electrons. The van der Waals surface area contributed by atoms with Gasteiger partial charge in [0.2, 0.25) is 5.91 Å². The van der Waals surface area contributed by atoms with E-state index >= 15 is 0 Å². The van der Waals surface area contributed by atoms with E-state index in [1.807, 2.05) is 53.4 Å². The number of carbonyl (C=O) groups is 1. The molecule has 0 saturated carbocycles. The van der Waals surface area contributed by atoms with Crippen LogP contribution in [0.3, 0.4) is 0 Å². The number of para-hydroxylation sites is 2. The van der Waals surface area contributed by atoms with Crippen molar-refractivity contribution in [3.05, 3.63) is 64.9 Å². The molecule has 1 fully saturated rings. The van der Waals surface area contributed by atoms with Gasteiger partial charge in [0.15, 0.2) is 0 Å². The number of carbonyl (C=O) groups excluding carboxylic acids is 1. The van der Waals surface area contributed by atoms with Crippen LogP contribution in [0.25, 0.3) is 11.0 Å². The largest absolute Gasteiger partial charge is 0.341 e. The van der Waals surface area contributed by atoms with Crippen molar-refractivity contribution in [2.24, 2.45) is 0 Å². The van der Waals surface area contributed by atoms with Crippen LogP contribution in [-0.2, 0) is 17.8 Å². The molecular formula is C21H22ClN3O. The molecule has 0 spiro atoms. The lowest BCUT2D eigenvalue weighted by Crippen LogP contribution is -2.38. The van der Waals surface area contributed by atoms with Crippen LogP contribution in [0, 0.1) is 0 Å². The molecule has 0 atom stereocenters. The zero-order valence-corrected chi connectivity index (χ0v) is 15.5. The van der Waals surface area contributed by atoms with E-state index in [1.165, 1.54) is 6.42 Å². The first-order valence-electron chi connectivity index (χ1n) is 9.18. The van der Waals surface area contributed by atoms with E-state index in [1.54, 1.807) is 0 Å². The number of rotatable bonds is 4. The highest BCUT2D eigenvalue weighted by molar-refractivity contribution is 6.31. The van der Waals surface area contributed by atoms with E-state index in [0.29, 0.717) is 13.0 Å². The van der Waals surface area contributed by atoms with E-state index in [2.05, 4.69) is 4.57 Å². The van der Waals surface area contributed by atoms with Crippen LogP contribution in [0.5, 0.6) is 0 Å². The Balaban J connectivity index is 1.67. The second-order valence-electron chi connectivity index (χ2n) is 6.81. The quantitative estimate of drug-likeness (QED) is 0.689. The summed E-state index contributed by atoms with van der Waals surface area (Å²) in [6.07, 6.45) is 4.03. The molecule has 3 aromatic rings. The molecule has 0 aliphatic carbocycles. The Kier molecular flexibility index (Phi) is 4.93. The lowest BCUT2D eigenvalue weighted by molar-refractivity contribution is -0.132. The second kappa shape index (κ2) is 7.50. The second-order valence-corrected chi connectivity index (χ2v) is 7.22. The molecular weight excluding hydrogens is 346 g/mol. The number of hydrogen-bond donors (Lipinski definition) is 0. The Bertz CT molecular complexity index is 928. The summed E-state index contributed by atoms with van der Waals surface area (Å²) < 4.78 is 2.05. The average molecular weight is 368 g/mol. The molecule has 1 saturated heterocycles. The number of piperidine rings is 1. The van der Waals surface area contributed by atoms with Crippen LogP contribution in [0.2, 0.25) is 5.02 Å². The molecule has 1 aliphatic rings. The predicted molar refractivity (Wildman–Crippen MR) is 104 cm³/mol. The lowest BCUT2D eigenvalue weighted by atomic mass is 10.1. The van der Waals surface area contributed by atoms with Crippen molar-refractivity contribution >= 4 is 28.5 Å². The van der Waals surface area contributed by atoms with Crippen LogP contribution >= 0.6 is 11.6 Å². The summed E-state index contributed by atoms with van der Waals surface area (Å²) in [5, 5.41) is 0.730. The minimum absolute atomic E-state index is 0.174. The van der Waals surface area contributed by atoms with Gasteiger partial charge in [-0.05, 0) is 43.0 Å². The molecule has 0 radical (unpaired) electrons. The molecule has 0 bridgehead atoms. The van der Waals surface area contributed by atoms with E-state index in [0.717, 1.165) is 53.4 Å². The summed E-state index contributed by atoms with van der Waals surface area (Å²) in [5.41, 5.74) is 2.94. The average Bonchev–Trinajstić information content (AvgIpc) is 3.01. The molecule has 1 amide bonds. The highest BCUT2D eigenvalue weighted by atomic mass is 35.5. The summed E-state index contributed by atoms with van der Waals surface area (Å²) in [6, 6.07) is 15.8. The van der Waals surface area contributed by atoms with Gasteiger partial charge in [0.1, 0.15) is 12.4 Å². The van der Waals surface area contributed by atoms with Crippen molar-refractivity contribution in [3.8, 4) is 0 Å². The van der Waals surface area contributed by atoms with Crippen LogP contribution in [0.15, 0.2) is 48.5 Å². The minimum Gasteiger partial charge on any atom is -0.341 e. The van der Waals surface area contributed by atoms with Crippen LogP contribution in [-0.4, -0.2) is 33.4 Å². The third kappa shape index (κ3) is 3.47. The molecule has 1 aliphatic heterocycles. The Morgan fingerprint density at radius 1 is 1.00 bits per heavy atom. The van der Waals surface area contributed by atoms with Crippen LogP contribution in [0.4, 0.5) is 0 Å². The smallest absolute Gasteiger partial charge is 0.242 e. The zero-order chi connectivity index (χ0) is 17.9. The summed E-state index contributed by atoms with van der Waals surface area (Å²) in [5.74, 6) is 1.05. The maximum Gasteiger partial charge on any atom is 0.242 e. The molecule has 26 heavy (non-hydrogen) atoms. The maximum atomic E-state index is 12.8. The summed E-state index contributed by atoms with van der Waals surface area (Å²) >= 11 is 6.34. The molecule has 2 heterocycles. The van der Waals surface area contributed by atoms with Gasteiger partial charge in [0, 0.05) is 24.5 Å². The van der Waals surface area contributed by atoms with E-state index < -0.39 is 0 Å². The monoisotopic (exact) mass is 367 g/mol. The van der Waals surface area contributed by atoms with Gasteiger partial charge in [0.05, 0.1) is 11.0 Å². The number of halogens is 1. The van der Waals surface area contributed by atoms with Crippen LogP contribution < -0.4 is 0 Å². The number of amides is 1. The van der Waals surface area contributed by atoms with Crippen molar-refractivity contribution in [1.82, 2.24) is 14.5 Å². The van der Waals surface area contributed by atoms with Gasteiger partial charge in [-0.25, -0.2) is 4.98 Å². The SMILES string of the molecule is O=C(Cn1c(Cc2ccccc2Cl)nc2ccccc21)N1CCCCC1. The molecule has 5 heteroatoms. The Hall–Kier alpha value is -2.33. The van der Waals surface area contributed by atoms with E-state index in [4.69, 9.17) is 16.6 Å². The van der Waals surface area contributed by atoms with Gasteiger partial charge in [-0.15, -0.1) is 0 Å². The van der Waals surface area contributed by atoms with Gasteiger partial charge >= 0.3 is 0 Å².